The fourth-order valence-corrected chi connectivity index (χ4v) is 2.98. The fourth-order valence-electron chi connectivity index (χ4n) is 2.27. The first kappa shape index (κ1) is 13.2. The number of nitrogens with zero attached hydrogens (tertiary/aromatic N) is 2. The van der Waals surface area contributed by atoms with Crippen molar-refractivity contribution in [3.8, 4) is 0 Å². The summed E-state index contributed by atoms with van der Waals surface area (Å²) in [5.41, 5.74) is 9.06. The third-order valence-corrected chi connectivity index (χ3v) is 4.01. The van der Waals surface area contributed by atoms with Gasteiger partial charge in [0.2, 0.25) is 0 Å². The molecule has 0 aliphatic carbocycles. The SMILES string of the molecule is Cc1nc(Cc2cccs2)nc(C)c1C(C)CN. The molecule has 2 heterocycles. The summed E-state index contributed by atoms with van der Waals surface area (Å²) in [7, 11) is 0. The van der Waals surface area contributed by atoms with Gasteiger partial charge >= 0.3 is 0 Å². The molecule has 2 N–H and O–H groups in total. The van der Waals surface area contributed by atoms with Crippen molar-refractivity contribution in [1.82, 2.24) is 9.97 Å². The topological polar surface area (TPSA) is 51.8 Å². The van der Waals surface area contributed by atoms with E-state index in [1.54, 1.807) is 11.3 Å². The normalized spacial score (nSPS) is 12.7. The number of rotatable bonds is 4. The first-order chi connectivity index (χ1) is 8.61. The molecule has 18 heavy (non-hydrogen) atoms. The van der Waals surface area contributed by atoms with Gasteiger partial charge in [-0.3, -0.25) is 0 Å². The molecule has 2 aromatic heterocycles. The van der Waals surface area contributed by atoms with Crippen LogP contribution in [0, 0.1) is 13.8 Å². The number of aryl methyl sites for hydroxylation is 2. The lowest BCUT2D eigenvalue weighted by Gasteiger charge is -2.15. The van der Waals surface area contributed by atoms with E-state index in [1.807, 2.05) is 13.8 Å². The first-order valence-corrected chi connectivity index (χ1v) is 7.06. The standard InChI is InChI=1S/C14H19N3S/c1-9(8-15)14-10(2)16-13(17-11(14)3)7-12-5-4-6-18-12/h4-6,9H,7-8,15H2,1-3H3. The Morgan fingerprint density at radius 2 is 1.94 bits per heavy atom. The highest BCUT2D eigenvalue weighted by Crippen LogP contribution is 2.21. The molecule has 0 aliphatic rings. The monoisotopic (exact) mass is 261 g/mol. The fraction of sp³-hybridized carbons (Fsp3) is 0.429. The van der Waals surface area contributed by atoms with E-state index >= 15 is 0 Å². The molecule has 0 saturated heterocycles. The van der Waals surface area contributed by atoms with Crippen molar-refractivity contribution in [2.24, 2.45) is 5.73 Å². The molecule has 4 heteroatoms. The lowest BCUT2D eigenvalue weighted by molar-refractivity contribution is 0.734. The van der Waals surface area contributed by atoms with Gasteiger partial charge in [0.15, 0.2) is 0 Å². The Balaban J connectivity index is 2.30. The van der Waals surface area contributed by atoms with Crippen LogP contribution in [0.15, 0.2) is 17.5 Å². The largest absolute Gasteiger partial charge is 0.330 e. The molecule has 1 unspecified atom stereocenters. The number of aromatic nitrogens is 2. The third-order valence-electron chi connectivity index (χ3n) is 3.13. The molecule has 96 valence electrons. The van der Waals surface area contributed by atoms with Crippen LogP contribution in [0.2, 0.25) is 0 Å². The highest BCUT2D eigenvalue weighted by Gasteiger charge is 2.14. The van der Waals surface area contributed by atoms with Gasteiger partial charge in [-0.25, -0.2) is 9.97 Å². The molecule has 0 amide bonds. The third kappa shape index (κ3) is 2.76. The van der Waals surface area contributed by atoms with Crippen LogP contribution in [-0.2, 0) is 6.42 Å². The first-order valence-electron chi connectivity index (χ1n) is 6.18. The van der Waals surface area contributed by atoms with Gasteiger partial charge in [-0.1, -0.05) is 13.0 Å². The second kappa shape index (κ2) is 5.59. The van der Waals surface area contributed by atoms with E-state index in [-0.39, 0.29) is 0 Å². The second-order valence-corrected chi connectivity index (χ2v) is 5.65. The zero-order valence-electron chi connectivity index (χ0n) is 11.1. The minimum absolute atomic E-state index is 0.320. The van der Waals surface area contributed by atoms with E-state index in [0.717, 1.165) is 23.6 Å². The van der Waals surface area contributed by atoms with Crippen molar-refractivity contribution in [2.45, 2.75) is 33.1 Å². The van der Waals surface area contributed by atoms with Gasteiger partial charge in [-0.2, -0.15) is 0 Å². The van der Waals surface area contributed by atoms with Gasteiger partial charge in [0.25, 0.3) is 0 Å². The Labute approximate surface area is 112 Å². The zero-order valence-corrected chi connectivity index (χ0v) is 11.9. The average molecular weight is 261 g/mol. The molecule has 0 spiro atoms. The maximum Gasteiger partial charge on any atom is 0.134 e. The predicted octanol–water partition coefficient (Wildman–Crippen LogP) is 2.81. The van der Waals surface area contributed by atoms with Crippen molar-refractivity contribution < 1.29 is 0 Å². The van der Waals surface area contributed by atoms with Gasteiger partial charge < -0.3 is 5.73 Å². The average Bonchev–Trinajstić information content (AvgIpc) is 2.80. The van der Waals surface area contributed by atoms with Gasteiger partial charge in [-0.05, 0) is 43.3 Å². The summed E-state index contributed by atoms with van der Waals surface area (Å²) in [4.78, 5) is 10.5. The highest BCUT2D eigenvalue weighted by atomic mass is 32.1. The molecular formula is C14H19N3S. The molecule has 1 atom stereocenters. The number of hydrogen-bond donors (Lipinski definition) is 1. The van der Waals surface area contributed by atoms with E-state index in [1.165, 1.54) is 10.4 Å². The van der Waals surface area contributed by atoms with Crippen molar-refractivity contribution >= 4 is 11.3 Å². The quantitative estimate of drug-likeness (QED) is 0.920. The maximum absolute atomic E-state index is 5.74. The molecule has 0 fully saturated rings. The summed E-state index contributed by atoms with van der Waals surface area (Å²) in [6.07, 6.45) is 0.816. The lowest BCUT2D eigenvalue weighted by Crippen LogP contribution is -2.14. The summed E-state index contributed by atoms with van der Waals surface area (Å²) < 4.78 is 0. The Hall–Kier alpha value is -1.26. The van der Waals surface area contributed by atoms with Crippen LogP contribution in [0.5, 0.6) is 0 Å². The van der Waals surface area contributed by atoms with Crippen LogP contribution in [0.25, 0.3) is 0 Å². The van der Waals surface area contributed by atoms with Gasteiger partial charge in [-0.15, -0.1) is 11.3 Å². The Morgan fingerprint density at radius 3 is 2.44 bits per heavy atom. The zero-order chi connectivity index (χ0) is 13.1. The highest BCUT2D eigenvalue weighted by molar-refractivity contribution is 7.09. The summed E-state index contributed by atoms with van der Waals surface area (Å²) >= 11 is 1.74. The molecule has 2 rings (SSSR count). The van der Waals surface area contributed by atoms with Crippen molar-refractivity contribution in [3.63, 3.8) is 0 Å². The summed E-state index contributed by atoms with van der Waals surface area (Å²) in [5.74, 6) is 1.22. The Bertz CT molecular complexity index is 497. The predicted molar refractivity (Wildman–Crippen MR) is 76.1 cm³/mol. The Kier molecular flexibility index (Phi) is 4.09. The minimum atomic E-state index is 0.320. The second-order valence-electron chi connectivity index (χ2n) is 4.62. The molecule has 0 aromatic carbocycles. The molecule has 0 radical (unpaired) electrons. The van der Waals surface area contributed by atoms with E-state index in [0.29, 0.717) is 12.5 Å². The molecular weight excluding hydrogens is 242 g/mol. The van der Waals surface area contributed by atoms with Crippen LogP contribution in [0.3, 0.4) is 0 Å². The van der Waals surface area contributed by atoms with Crippen molar-refractivity contribution in [2.75, 3.05) is 6.54 Å². The minimum Gasteiger partial charge on any atom is -0.330 e. The van der Waals surface area contributed by atoms with Crippen molar-refractivity contribution in [3.05, 3.63) is 45.2 Å². The van der Waals surface area contributed by atoms with Gasteiger partial charge in [0.05, 0.1) is 0 Å². The number of hydrogen-bond acceptors (Lipinski definition) is 4. The summed E-state index contributed by atoms with van der Waals surface area (Å²) in [5, 5.41) is 2.08. The number of thiophene rings is 1. The van der Waals surface area contributed by atoms with E-state index in [9.17, 15) is 0 Å². The van der Waals surface area contributed by atoms with Crippen LogP contribution in [0.4, 0.5) is 0 Å². The van der Waals surface area contributed by atoms with Crippen molar-refractivity contribution in [1.29, 1.82) is 0 Å². The molecule has 0 saturated carbocycles. The molecule has 0 bridgehead atoms. The molecule has 2 aromatic rings. The van der Waals surface area contributed by atoms with Crippen LogP contribution >= 0.6 is 11.3 Å². The lowest BCUT2D eigenvalue weighted by atomic mass is 9.98. The van der Waals surface area contributed by atoms with Gasteiger partial charge in [0.1, 0.15) is 5.82 Å². The van der Waals surface area contributed by atoms with Crippen LogP contribution in [0.1, 0.15) is 40.5 Å². The molecule has 0 aliphatic heterocycles. The Morgan fingerprint density at radius 1 is 1.28 bits per heavy atom. The van der Waals surface area contributed by atoms with Crippen LogP contribution < -0.4 is 5.73 Å². The summed E-state index contributed by atoms with van der Waals surface area (Å²) in [6.45, 7) is 6.86. The number of nitrogens with two attached hydrogens (primary N) is 1. The van der Waals surface area contributed by atoms with Crippen LogP contribution in [-0.4, -0.2) is 16.5 Å². The smallest absolute Gasteiger partial charge is 0.134 e. The van der Waals surface area contributed by atoms with E-state index < -0.39 is 0 Å². The maximum atomic E-state index is 5.74. The van der Waals surface area contributed by atoms with Gasteiger partial charge in [0, 0.05) is 22.7 Å². The summed E-state index contributed by atoms with van der Waals surface area (Å²) in [6, 6.07) is 4.18. The van der Waals surface area contributed by atoms with E-state index in [4.69, 9.17) is 5.73 Å². The van der Waals surface area contributed by atoms with E-state index in [2.05, 4.69) is 34.4 Å². The molecule has 3 nitrogen and oxygen atoms in total.